The molecule has 0 bridgehead atoms. The number of hydrogen-bond acceptors (Lipinski definition) is 2. The molecule has 2 heteroatoms. The molecule has 50 valence electrons. The van der Waals surface area contributed by atoms with E-state index < -0.39 is 0 Å². The molecule has 0 aromatic heterocycles. The zero-order valence-electron chi connectivity index (χ0n) is 5.90. The predicted octanol–water partition coefficient (Wildman–Crippen LogP) is 0.978. The molecule has 1 atom stereocenters. The quantitative estimate of drug-likeness (QED) is 0.554. The van der Waals surface area contributed by atoms with Gasteiger partial charge in [-0.2, -0.15) is 0 Å². The van der Waals surface area contributed by atoms with E-state index >= 15 is 0 Å². The van der Waals surface area contributed by atoms with Gasteiger partial charge >= 0.3 is 0 Å². The van der Waals surface area contributed by atoms with Crippen LogP contribution in [0.25, 0.3) is 0 Å². The van der Waals surface area contributed by atoms with Gasteiger partial charge in [-0.15, -0.1) is 0 Å². The normalized spacial score (nSPS) is 13.9. The first kappa shape index (κ1) is 7.92. The van der Waals surface area contributed by atoms with E-state index in [1.807, 2.05) is 6.92 Å². The van der Waals surface area contributed by atoms with Gasteiger partial charge in [0.05, 0.1) is 0 Å². The fraction of sp³-hybridized carbons (Fsp3) is 1.00. The Hall–Kier alpha value is -0.0800. The van der Waals surface area contributed by atoms with Gasteiger partial charge in [-0.3, -0.25) is 5.32 Å². The van der Waals surface area contributed by atoms with Gasteiger partial charge in [0, 0.05) is 7.11 Å². The average molecular weight is 117 g/mol. The highest BCUT2D eigenvalue weighted by molar-refractivity contribution is 4.43. The Morgan fingerprint density at radius 1 is 1.62 bits per heavy atom. The molecule has 0 aromatic rings. The molecule has 0 saturated carbocycles. The second-order valence-corrected chi connectivity index (χ2v) is 1.83. The number of hydrogen-bond donors (Lipinski definition) is 1. The van der Waals surface area contributed by atoms with Crippen LogP contribution in [-0.4, -0.2) is 19.9 Å². The molecular weight excluding hydrogens is 102 g/mol. The van der Waals surface area contributed by atoms with Crippen LogP contribution in [0, 0.1) is 0 Å². The lowest BCUT2D eigenvalue weighted by atomic mass is 10.5. The van der Waals surface area contributed by atoms with Crippen molar-refractivity contribution in [2.45, 2.75) is 26.5 Å². The number of ether oxygens (including phenoxy) is 1. The summed E-state index contributed by atoms with van der Waals surface area (Å²) in [5.41, 5.74) is 0. The minimum Gasteiger partial charge on any atom is -0.367 e. The Balaban J connectivity index is 2.86. The second-order valence-electron chi connectivity index (χ2n) is 1.83. The Bertz CT molecular complexity index is 47.8. The van der Waals surface area contributed by atoms with Crippen molar-refractivity contribution in [2.24, 2.45) is 0 Å². The van der Waals surface area contributed by atoms with Crippen molar-refractivity contribution in [2.75, 3.05) is 13.7 Å². The van der Waals surface area contributed by atoms with Gasteiger partial charge < -0.3 is 4.74 Å². The molecule has 0 fully saturated rings. The van der Waals surface area contributed by atoms with Crippen LogP contribution < -0.4 is 5.32 Å². The fourth-order valence-corrected chi connectivity index (χ4v) is 0.431. The standard InChI is InChI=1S/C6H15NO/c1-4-5-7-6(2)8-3/h6-7H,4-5H2,1-3H3. The molecule has 0 amide bonds. The zero-order valence-corrected chi connectivity index (χ0v) is 5.90. The summed E-state index contributed by atoms with van der Waals surface area (Å²) < 4.78 is 4.94. The van der Waals surface area contributed by atoms with Crippen molar-refractivity contribution in [1.29, 1.82) is 0 Å². The molecule has 0 radical (unpaired) electrons. The highest BCUT2D eigenvalue weighted by Crippen LogP contribution is 1.80. The van der Waals surface area contributed by atoms with E-state index in [1.54, 1.807) is 7.11 Å². The van der Waals surface area contributed by atoms with E-state index in [2.05, 4.69) is 12.2 Å². The van der Waals surface area contributed by atoms with Crippen LogP contribution in [-0.2, 0) is 4.74 Å². The summed E-state index contributed by atoms with van der Waals surface area (Å²) in [5.74, 6) is 0. The molecule has 2 nitrogen and oxygen atoms in total. The molecule has 1 N–H and O–H groups in total. The summed E-state index contributed by atoms with van der Waals surface area (Å²) in [6.07, 6.45) is 1.36. The molecule has 0 spiro atoms. The molecule has 1 unspecified atom stereocenters. The third-order valence-corrected chi connectivity index (χ3v) is 1.04. The number of methoxy groups -OCH3 is 1. The highest BCUT2D eigenvalue weighted by atomic mass is 16.5. The van der Waals surface area contributed by atoms with E-state index in [9.17, 15) is 0 Å². The monoisotopic (exact) mass is 117 g/mol. The van der Waals surface area contributed by atoms with Crippen LogP contribution in [0.15, 0.2) is 0 Å². The second kappa shape index (κ2) is 5.06. The lowest BCUT2D eigenvalue weighted by Gasteiger charge is -2.09. The SMILES string of the molecule is CCCNC(C)OC. The zero-order chi connectivity index (χ0) is 6.41. The summed E-state index contributed by atoms with van der Waals surface area (Å²) in [4.78, 5) is 0. The van der Waals surface area contributed by atoms with Gasteiger partial charge in [-0.05, 0) is 19.9 Å². The summed E-state index contributed by atoms with van der Waals surface area (Å²) in [5, 5.41) is 3.16. The Kier molecular flexibility index (Phi) is 5.01. The van der Waals surface area contributed by atoms with Crippen molar-refractivity contribution >= 4 is 0 Å². The molecule has 0 heterocycles. The van der Waals surface area contributed by atoms with Crippen LogP contribution in [0.3, 0.4) is 0 Å². The molecule has 0 rings (SSSR count). The Morgan fingerprint density at radius 3 is 2.62 bits per heavy atom. The van der Waals surface area contributed by atoms with Crippen LogP contribution >= 0.6 is 0 Å². The Labute approximate surface area is 51.2 Å². The van der Waals surface area contributed by atoms with E-state index in [0.29, 0.717) is 0 Å². The summed E-state index contributed by atoms with van der Waals surface area (Å²) in [6, 6.07) is 0. The van der Waals surface area contributed by atoms with Crippen LogP contribution in [0.4, 0.5) is 0 Å². The van der Waals surface area contributed by atoms with Gasteiger partial charge in [0.1, 0.15) is 6.23 Å². The average Bonchev–Trinajstić information content (AvgIpc) is 1.83. The van der Waals surface area contributed by atoms with E-state index in [0.717, 1.165) is 13.0 Å². The first-order chi connectivity index (χ1) is 3.81. The fourth-order valence-electron chi connectivity index (χ4n) is 0.431. The first-order valence-electron chi connectivity index (χ1n) is 3.07. The summed E-state index contributed by atoms with van der Waals surface area (Å²) in [7, 11) is 1.70. The highest BCUT2D eigenvalue weighted by Gasteiger charge is 1.92. The topological polar surface area (TPSA) is 21.3 Å². The largest absolute Gasteiger partial charge is 0.367 e. The van der Waals surface area contributed by atoms with Gasteiger partial charge in [0.2, 0.25) is 0 Å². The third kappa shape index (κ3) is 4.09. The van der Waals surface area contributed by atoms with Crippen LogP contribution in [0.2, 0.25) is 0 Å². The number of nitrogens with one attached hydrogen (secondary N) is 1. The number of rotatable bonds is 4. The van der Waals surface area contributed by atoms with Gasteiger partial charge in [0.15, 0.2) is 0 Å². The Morgan fingerprint density at radius 2 is 2.25 bits per heavy atom. The van der Waals surface area contributed by atoms with Gasteiger partial charge in [-0.1, -0.05) is 6.92 Å². The molecule has 0 aliphatic rings. The van der Waals surface area contributed by atoms with Crippen molar-refractivity contribution < 1.29 is 4.74 Å². The van der Waals surface area contributed by atoms with Crippen molar-refractivity contribution in [1.82, 2.24) is 5.32 Å². The third-order valence-electron chi connectivity index (χ3n) is 1.04. The van der Waals surface area contributed by atoms with Crippen molar-refractivity contribution in [3.05, 3.63) is 0 Å². The summed E-state index contributed by atoms with van der Waals surface area (Å²) in [6.45, 7) is 5.17. The van der Waals surface area contributed by atoms with E-state index in [4.69, 9.17) is 4.74 Å². The van der Waals surface area contributed by atoms with Crippen LogP contribution in [0.1, 0.15) is 20.3 Å². The summed E-state index contributed by atoms with van der Waals surface area (Å²) >= 11 is 0. The molecule has 8 heavy (non-hydrogen) atoms. The van der Waals surface area contributed by atoms with Gasteiger partial charge in [-0.25, -0.2) is 0 Å². The maximum atomic E-state index is 4.94. The smallest absolute Gasteiger partial charge is 0.104 e. The van der Waals surface area contributed by atoms with Crippen molar-refractivity contribution in [3.8, 4) is 0 Å². The van der Waals surface area contributed by atoms with E-state index in [-0.39, 0.29) is 6.23 Å². The predicted molar refractivity (Wildman–Crippen MR) is 34.8 cm³/mol. The van der Waals surface area contributed by atoms with Crippen molar-refractivity contribution in [3.63, 3.8) is 0 Å². The lowest BCUT2D eigenvalue weighted by Crippen LogP contribution is -2.27. The molecule has 0 aliphatic heterocycles. The minimum absolute atomic E-state index is 0.204. The maximum Gasteiger partial charge on any atom is 0.104 e. The molecule has 0 aliphatic carbocycles. The minimum atomic E-state index is 0.204. The van der Waals surface area contributed by atoms with E-state index in [1.165, 1.54) is 0 Å². The van der Waals surface area contributed by atoms with Crippen LogP contribution in [0.5, 0.6) is 0 Å². The lowest BCUT2D eigenvalue weighted by molar-refractivity contribution is 0.0898. The van der Waals surface area contributed by atoms with Gasteiger partial charge in [0.25, 0.3) is 0 Å². The molecule has 0 saturated heterocycles. The molecule has 0 aromatic carbocycles. The maximum absolute atomic E-state index is 4.94. The molecular formula is C6H15NO. The first-order valence-corrected chi connectivity index (χ1v) is 3.07.